The number of esters is 1. The summed E-state index contributed by atoms with van der Waals surface area (Å²) in [5.74, 6) is -0.610. The van der Waals surface area contributed by atoms with Crippen LogP contribution in [0.25, 0.3) is 33.2 Å². The second kappa shape index (κ2) is 9.01. The fourth-order valence-electron chi connectivity index (χ4n) is 3.27. The molecule has 162 valence electrons. The van der Waals surface area contributed by atoms with Crippen LogP contribution in [0.5, 0.6) is 0 Å². The highest BCUT2D eigenvalue weighted by atomic mass is 32.1. The van der Waals surface area contributed by atoms with Gasteiger partial charge in [-0.05, 0) is 41.8 Å². The Kier molecular flexibility index (Phi) is 5.61. The molecule has 0 aliphatic rings. The summed E-state index contributed by atoms with van der Waals surface area (Å²) >= 11 is 1.56. The summed E-state index contributed by atoms with van der Waals surface area (Å²) in [4.78, 5) is 25.8. The second-order valence-electron chi connectivity index (χ2n) is 7.03. The van der Waals surface area contributed by atoms with Crippen molar-refractivity contribution < 1.29 is 9.53 Å². The van der Waals surface area contributed by atoms with E-state index in [1.807, 2.05) is 54.0 Å². The molecule has 0 unspecified atom stereocenters. The first kappa shape index (κ1) is 20.5. The lowest BCUT2D eigenvalue weighted by molar-refractivity contribution is -0.141. The van der Waals surface area contributed by atoms with Crippen LogP contribution in [-0.4, -0.2) is 30.7 Å². The molecule has 0 bridgehead atoms. The van der Waals surface area contributed by atoms with Crippen LogP contribution >= 0.6 is 11.3 Å². The van der Waals surface area contributed by atoms with E-state index in [9.17, 15) is 9.59 Å². The van der Waals surface area contributed by atoms with Crippen LogP contribution in [0, 0.1) is 0 Å². The molecule has 0 fully saturated rings. The minimum atomic E-state index is -0.610. The molecule has 0 aliphatic heterocycles. The number of carbonyl (C=O) groups excluding carboxylic acids is 1. The average molecular weight is 455 g/mol. The third-order valence-electron chi connectivity index (χ3n) is 4.88. The normalized spacial score (nSPS) is 11.3. The van der Waals surface area contributed by atoms with E-state index in [2.05, 4.69) is 10.3 Å². The Hall–Kier alpha value is -4.37. The van der Waals surface area contributed by atoms with E-state index in [0.29, 0.717) is 10.9 Å². The number of benzene rings is 2. The smallest absolute Gasteiger partial charge is 0.332 e. The van der Waals surface area contributed by atoms with Crippen molar-refractivity contribution in [2.24, 2.45) is 0 Å². The van der Waals surface area contributed by atoms with Crippen molar-refractivity contribution in [3.63, 3.8) is 0 Å². The Morgan fingerprint density at radius 1 is 1.03 bits per heavy atom. The van der Waals surface area contributed by atoms with Crippen molar-refractivity contribution in [1.29, 1.82) is 0 Å². The van der Waals surface area contributed by atoms with Gasteiger partial charge in [0.15, 0.2) is 6.73 Å². The van der Waals surface area contributed by atoms with E-state index in [1.165, 1.54) is 6.08 Å². The van der Waals surface area contributed by atoms with E-state index in [0.717, 1.165) is 26.5 Å². The zero-order valence-corrected chi connectivity index (χ0v) is 18.1. The third kappa shape index (κ3) is 4.35. The lowest BCUT2D eigenvalue weighted by Gasteiger charge is -2.04. The number of hydrogen-bond acceptors (Lipinski definition) is 7. The maximum absolute atomic E-state index is 12.5. The lowest BCUT2D eigenvalue weighted by atomic mass is 10.2. The summed E-state index contributed by atoms with van der Waals surface area (Å²) < 4.78 is 7.99. The molecular formula is C24H17N5O3S. The summed E-state index contributed by atoms with van der Waals surface area (Å²) in [7, 11) is 0. The standard InChI is InChI=1S/C24H17N5O3S/c30-22(32-16-29-24(31)19-9-4-5-10-20(19)25-27-29)13-12-17-15-28(18-7-2-1-3-8-18)26-23(17)21-11-6-14-33-21/h1-15H,16H2. The van der Waals surface area contributed by atoms with Gasteiger partial charge in [0.2, 0.25) is 0 Å². The van der Waals surface area contributed by atoms with E-state index in [1.54, 1.807) is 46.4 Å². The van der Waals surface area contributed by atoms with Gasteiger partial charge in [-0.3, -0.25) is 4.79 Å². The molecule has 0 radical (unpaired) electrons. The average Bonchev–Trinajstić information content (AvgIpc) is 3.53. The van der Waals surface area contributed by atoms with Gasteiger partial charge in [0.05, 0.1) is 16.0 Å². The van der Waals surface area contributed by atoms with Crippen LogP contribution < -0.4 is 5.56 Å². The van der Waals surface area contributed by atoms with Gasteiger partial charge in [-0.15, -0.1) is 16.4 Å². The fraction of sp³-hybridized carbons (Fsp3) is 0.0417. The summed E-state index contributed by atoms with van der Waals surface area (Å²) in [5.41, 5.74) is 2.55. The predicted molar refractivity (Wildman–Crippen MR) is 126 cm³/mol. The molecule has 0 amide bonds. The number of fused-ring (bicyclic) bond motifs is 1. The topological polar surface area (TPSA) is 91.9 Å². The van der Waals surface area contributed by atoms with Crippen LogP contribution in [-0.2, 0) is 16.3 Å². The minimum Gasteiger partial charge on any atom is -0.439 e. The molecule has 0 spiro atoms. The predicted octanol–water partition coefficient (Wildman–Crippen LogP) is 3.92. The first-order valence-electron chi connectivity index (χ1n) is 10.1. The van der Waals surface area contributed by atoms with Gasteiger partial charge in [0, 0.05) is 17.8 Å². The lowest BCUT2D eigenvalue weighted by Crippen LogP contribution is -2.26. The third-order valence-corrected chi connectivity index (χ3v) is 5.75. The van der Waals surface area contributed by atoms with Gasteiger partial charge in [-0.1, -0.05) is 41.6 Å². The molecule has 5 aromatic rings. The Balaban J connectivity index is 1.36. The molecule has 3 heterocycles. The molecule has 33 heavy (non-hydrogen) atoms. The van der Waals surface area contributed by atoms with Gasteiger partial charge < -0.3 is 4.74 Å². The second-order valence-corrected chi connectivity index (χ2v) is 7.98. The van der Waals surface area contributed by atoms with E-state index < -0.39 is 5.97 Å². The van der Waals surface area contributed by atoms with Crippen molar-refractivity contribution in [3.05, 3.63) is 100 Å². The van der Waals surface area contributed by atoms with E-state index in [4.69, 9.17) is 9.84 Å². The monoisotopic (exact) mass is 455 g/mol. The van der Waals surface area contributed by atoms with Crippen molar-refractivity contribution >= 4 is 34.3 Å². The number of thiophene rings is 1. The molecule has 0 N–H and O–H groups in total. The number of rotatable bonds is 6. The highest BCUT2D eigenvalue weighted by Gasteiger charge is 2.12. The minimum absolute atomic E-state index is 0.332. The number of carbonyl (C=O) groups is 1. The van der Waals surface area contributed by atoms with Crippen LogP contribution in [0.15, 0.2) is 89.2 Å². The molecule has 3 aromatic heterocycles. The summed E-state index contributed by atoms with van der Waals surface area (Å²) in [6.07, 6.45) is 4.81. The van der Waals surface area contributed by atoms with Crippen LogP contribution in [0.2, 0.25) is 0 Å². The first-order valence-corrected chi connectivity index (χ1v) is 10.9. The first-order chi connectivity index (χ1) is 16.2. The fourth-order valence-corrected chi connectivity index (χ4v) is 4.00. The molecule has 2 aromatic carbocycles. The molecule has 0 atom stereocenters. The largest absolute Gasteiger partial charge is 0.439 e. The zero-order valence-electron chi connectivity index (χ0n) is 17.2. The molecule has 0 saturated heterocycles. The van der Waals surface area contributed by atoms with Crippen molar-refractivity contribution in [3.8, 4) is 16.3 Å². The number of ether oxygens (including phenoxy) is 1. The number of nitrogens with zero attached hydrogens (tertiary/aromatic N) is 5. The highest BCUT2D eigenvalue weighted by Crippen LogP contribution is 2.28. The van der Waals surface area contributed by atoms with Gasteiger partial charge in [0.25, 0.3) is 5.56 Å². The molecule has 0 aliphatic carbocycles. The SMILES string of the molecule is O=C(C=Cc1cn(-c2ccccc2)nc1-c1cccs1)OCn1nnc2ccccc2c1=O. The maximum atomic E-state index is 12.5. The molecular weight excluding hydrogens is 438 g/mol. The van der Waals surface area contributed by atoms with Crippen LogP contribution in [0.4, 0.5) is 0 Å². The summed E-state index contributed by atoms with van der Waals surface area (Å²) in [6.45, 7) is -0.332. The molecule has 8 nitrogen and oxygen atoms in total. The van der Waals surface area contributed by atoms with Crippen LogP contribution in [0.1, 0.15) is 5.56 Å². The summed E-state index contributed by atoms with van der Waals surface area (Å²) in [6, 6.07) is 20.5. The Labute approximate surface area is 192 Å². The number of para-hydroxylation sites is 1. The van der Waals surface area contributed by atoms with Crippen molar-refractivity contribution in [2.75, 3.05) is 0 Å². The quantitative estimate of drug-likeness (QED) is 0.285. The Morgan fingerprint density at radius 3 is 2.67 bits per heavy atom. The summed E-state index contributed by atoms with van der Waals surface area (Å²) in [5, 5.41) is 14.9. The maximum Gasteiger partial charge on any atom is 0.332 e. The van der Waals surface area contributed by atoms with Gasteiger partial charge in [-0.2, -0.15) is 9.78 Å². The van der Waals surface area contributed by atoms with Crippen molar-refractivity contribution in [1.82, 2.24) is 24.8 Å². The van der Waals surface area contributed by atoms with Gasteiger partial charge >= 0.3 is 5.97 Å². The number of aromatic nitrogens is 5. The van der Waals surface area contributed by atoms with Gasteiger partial charge in [-0.25, -0.2) is 9.48 Å². The zero-order chi connectivity index (χ0) is 22.6. The van der Waals surface area contributed by atoms with Gasteiger partial charge in [0.1, 0.15) is 11.2 Å². The van der Waals surface area contributed by atoms with E-state index in [-0.39, 0.29) is 12.3 Å². The Bertz CT molecular complexity index is 1500. The van der Waals surface area contributed by atoms with Crippen molar-refractivity contribution in [2.45, 2.75) is 6.73 Å². The number of hydrogen-bond donors (Lipinski definition) is 0. The molecule has 9 heteroatoms. The van der Waals surface area contributed by atoms with Crippen LogP contribution in [0.3, 0.4) is 0 Å². The molecule has 5 rings (SSSR count). The Morgan fingerprint density at radius 2 is 1.85 bits per heavy atom. The van der Waals surface area contributed by atoms with E-state index >= 15 is 0 Å². The highest BCUT2D eigenvalue weighted by molar-refractivity contribution is 7.13. The molecule has 0 saturated carbocycles.